The lowest BCUT2D eigenvalue weighted by molar-refractivity contribution is 0.0603. The van der Waals surface area contributed by atoms with Gasteiger partial charge in [0.15, 0.2) is 0 Å². The maximum absolute atomic E-state index is 11.7. The molecular weight excluding hydrogens is 254 g/mol. The van der Waals surface area contributed by atoms with E-state index >= 15 is 0 Å². The van der Waals surface area contributed by atoms with Crippen LogP contribution in [-0.4, -0.2) is 27.8 Å². The fourth-order valence-electron chi connectivity index (χ4n) is 2.16. The van der Waals surface area contributed by atoms with Crippen molar-refractivity contribution in [2.45, 2.75) is 6.54 Å². The van der Waals surface area contributed by atoms with Crippen LogP contribution in [0.5, 0.6) is 0 Å². The Morgan fingerprint density at radius 3 is 2.90 bits per heavy atom. The van der Waals surface area contributed by atoms with E-state index in [-0.39, 0.29) is 5.97 Å². The second-order valence-corrected chi connectivity index (χ2v) is 4.35. The number of hydrogen-bond donors (Lipinski definition) is 0. The predicted octanol–water partition coefficient (Wildman–Crippen LogP) is 2.27. The standard InChI is InChI=1S/C15H13N3O2/c1-20-15(19)12-6-4-7-14-13(12)9-17-18(14)10-11-5-2-3-8-16-11/h2-9H,10H2,1H3. The van der Waals surface area contributed by atoms with Gasteiger partial charge in [-0.1, -0.05) is 12.1 Å². The normalized spacial score (nSPS) is 10.7. The summed E-state index contributed by atoms with van der Waals surface area (Å²) in [4.78, 5) is 16.0. The molecule has 3 aromatic rings. The number of ether oxygens (including phenoxy) is 1. The number of methoxy groups -OCH3 is 1. The predicted molar refractivity (Wildman–Crippen MR) is 74.4 cm³/mol. The molecule has 0 saturated carbocycles. The number of aromatic nitrogens is 3. The molecule has 5 heteroatoms. The van der Waals surface area contributed by atoms with Crippen LogP contribution in [0.3, 0.4) is 0 Å². The molecule has 0 unspecified atom stereocenters. The van der Waals surface area contributed by atoms with Gasteiger partial charge in [0.2, 0.25) is 0 Å². The summed E-state index contributed by atoms with van der Waals surface area (Å²) >= 11 is 0. The maximum atomic E-state index is 11.7. The van der Waals surface area contributed by atoms with Crippen LogP contribution < -0.4 is 0 Å². The van der Waals surface area contributed by atoms with Crippen LogP contribution in [0.15, 0.2) is 48.8 Å². The van der Waals surface area contributed by atoms with Gasteiger partial charge < -0.3 is 4.74 Å². The minimum Gasteiger partial charge on any atom is -0.465 e. The first-order chi connectivity index (χ1) is 9.79. The average molecular weight is 267 g/mol. The minimum absolute atomic E-state index is 0.354. The molecule has 0 aliphatic heterocycles. The van der Waals surface area contributed by atoms with Gasteiger partial charge in [0.05, 0.1) is 36.6 Å². The van der Waals surface area contributed by atoms with Crippen LogP contribution in [0, 0.1) is 0 Å². The van der Waals surface area contributed by atoms with Gasteiger partial charge in [-0.05, 0) is 24.3 Å². The molecule has 0 amide bonds. The third-order valence-corrected chi connectivity index (χ3v) is 3.13. The molecule has 0 bridgehead atoms. The van der Waals surface area contributed by atoms with E-state index in [0.29, 0.717) is 12.1 Å². The van der Waals surface area contributed by atoms with Crippen molar-refractivity contribution in [3.8, 4) is 0 Å². The van der Waals surface area contributed by atoms with Gasteiger partial charge >= 0.3 is 5.97 Å². The second-order valence-electron chi connectivity index (χ2n) is 4.35. The van der Waals surface area contributed by atoms with Gasteiger partial charge in [-0.3, -0.25) is 9.67 Å². The number of nitrogens with zero attached hydrogens (tertiary/aromatic N) is 3. The minimum atomic E-state index is -0.354. The summed E-state index contributed by atoms with van der Waals surface area (Å²) in [6.07, 6.45) is 3.44. The van der Waals surface area contributed by atoms with Crippen LogP contribution in [0.4, 0.5) is 0 Å². The number of benzene rings is 1. The molecule has 0 atom stereocenters. The Morgan fingerprint density at radius 1 is 1.25 bits per heavy atom. The molecule has 1 aromatic carbocycles. The zero-order valence-electron chi connectivity index (χ0n) is 11.0. The number of pyridine rings is 1. The monoisotopic (exact) mass is 267 g/mol. The SMILES string of the molecule is COC(=O)c1cccc2c1cnn2Cc1ccccn1. The van der Waals surface area contributed by atoms with Crippen molar-refractivity contribution < 1.29 is 9.53 Å². The van der Waals surface area contributed by atoms with Gasteiger partial charge in [-0.15, -0.1) is 0 Å². The lowest BCUT2D eigenvalue weighted by Crippen LogP contribution is -2.04. The number of hydrogen-bond acceptors (Lipinski definition) is 4. The van der Waals surface area contributed by atoms with E-state index < -0.39 is 0 Å². The quantitative estimate of drug-likeness (QED) is 0.683. The molecule has 0 aliphatic carbocycles. The molecule has 0 saturated heterocycles. The molecule has 0 radical (unpaired) electrons. The van der Waals surface area contributed by atoms with Crippen LogP contribution >= 0.6 is 0 Å². The highest BCUT2D eigenvalue weighted by atomic mass is 16.5. The molecule has 2 heterocycles. The third-order valence-electron chi connectivity index (χ3n) is 3.13. The fraction of sp³-hybridized carbons (Fsp3) is 0.133. The molecule has 3 rings (SSSR count). The van der Waals surface area contributed by atoms with Crippen LogP contribution in [-0.2, 0) is 11.3 Å². The maximum Gasteiger partial charge on any atom is 0.338 e. The zero-order valence-corrected chi connectivity index (χ0v) is 11.0. The summed E-state index contributed by atoms with van der Waals surface area (Å²) in [5, 5.41) is 5.12. The van der Waals surface area contributed by atoms with Gasteiger partial charge in [-0.2, -0.15) is 5.10 Å². The zero-order chi connectivity index (χ0) is 13.9. The largest absolute Gasteiger partial charge is 0.465 e. The first-order valence-electron chi connectivity index (χ1n) is 6.22. The summed E-state index contributed by atoms with van der Waals surface area (Å²) in [7, 11) is 1.37. The Bertz CT molecular complexity index is 750. The Balaban J connectivity index is 2.04. The summed E-state index contributed by atoms with van der Waals surface area (Å²) in [5.41, 5.74) is 2.33. The number of fused-ring (bicyclic) bond motifs is 1. The van der Waals surface area contributed by atoms with Crippen LogP contribution in [0.1, 0.15) is 16.1 Å². The van der Waals surface area contributed by atoms with Gasteiger partial charge in [0.1, 0.15) is 0 Å². The summed E-state index contributed by atoms with van der Waals surface area (Å²) in [6.45, 7) is 0.564. The summed E-state index contributed by atoms with van der Waals surface area (Å²) < 4.78 is 6.61. The smallest absolute Gasteiger partial charge is 0.338 e. The fourth-order valence-corrected chi connectivity index (χ4v) is 2.16. The number of carbonyl (C=O) groups is 1. The highest BCUT2D eigenvalue weighted by Crippen LogP contribution is 2.19. The molecule has 100 valence electrons. The van der Waals surface area contributed by atoms with E-state index in [2.05, 4.69) is 10.1 Å². The van der Waals surface area contributed by atoms with Crippen molar-refractivity contribution in [3.05, 3.63) is 60.0 Å². The summed E-state index contributed by atoms with van der Waals surface area (Å²) in [6, 6.07) is 11.2. The number of carbonyl (C=O) groups excluding carboxylic acids is 1. The first-order valence-corrected chi connectivity index (χ1v) is 6.22. The average Bonchev–Trinajstić information content (AvgIpc) is 2.91. The highest BCUT2D eigenvalue weighted by molar-refractivity contribution is 6.03. The Kier molecular flexibility index (Phi) is 3.16. The van der Waals surface area contributed by atoms with Gasteiger partial charge in [0, 0.05) is 11.6 Å². The molecular formula is C15H13N3O2. The van der Waals surface area contributed by atoms with Crippen molar-refractivity contribution in [3.63, 3.8) is 0 Å². The first kappa shape index (κ1) is 12.3. The van der Waals surface area contributed by atoms with Crippen molar-refractivity contribution in [2.75, 3.05) is 7.11 Å². The highest BCUT2D eigenvalue weighted by Gasteiger charge is 2.13. The lowest BCUT2D eigenvalue weighted by Gasteiger charge is -2.04. The molecule has 0 aliphatic rings. The van der Waals surface area contributed by atoms with Gasteiger partial charge in [-0.25, -0.2) is 4.79 Å². The Hall–Kier alpha value is -2.69. The molecule has 0 N–H and O–H groups in total. The summed E-state index contributed by atoms with van der Waals surface area (Å²) in [5.74, 6) is -0.354. The van der Waals surface area contributed by atoms with E-state index in [1.54, 1.807) is 18.5 Å². The Morgan fingerprint density at radius 2 is 2.15 bits per heavy atom. The molecule has 5 nitrogen and oxygen atoms in total. The van der Waals surface area contributed by atoms with Crippen LogP contribution in [0.25, 0.3) is 10.9 Å². The molecule has 0 spiro atoms. The number of esters is 1. The molecule has 20 heavy (non-hydrogen) atoms. The van der Waals surface area contributed by atoms with E-state index in [1.165, 1.54) is 7.11 Å². The lowest BCUT2D eigenvalue weighted by atomic mass is 10.1. The second kappa shape index (κ2) is 5.13. The van der Waals surface area contributed by atoms with E-state index in [4.69, 9.17) is 4.74 Å². The topological polar surface area (TPSA) is 57.0 Å². The van der Waals surface area contributed by atoms with Crippen molar-refractivity contribution in [1.82, 2.24) is 14.8 Å². The van der Waals surface area contributed by atoms with E-state index in [0.717, 1.165) is 16.6 Å². The van der Waals surface area contributed by atoms with Gasteiger partial charge in [0.25, 0.3) is 0 Å². The van der Waals surface area contributed by atoms with Crippen LogP contribution in [0.2, 0.25) is 0 Å². The number of rotatable bonds is 3. The molecule has 2 aromatic heterocycles. The third kappa shape index (κ3) is 2.14. The Labute approximate surface area is 115 Å². The van der Waals surface area contributed by atoms with E-state index in [1.807, 2.05) is 35.0 Å². The van der Waals surface area contributed by atoms with Crippen molar-refractivity contribution in [1.29, 1.82) is 0 Å². The van der Waals surface area contributed by atoms with Crippen molar-refractivity contribution >= 4 is 16.9 Å². The van der Waals surface area contributed by atoms with E-state index in [9.17, 15) is 4.79 Å². The van der Waals surface area contributed by atoms with Crippen molar-refractivity contribution in [2.24, 2.45) is 0 Å². The molecule has 0 fully saturated rings.